The van der Waals surface area contributed by atoms with Gasteiger partial charge >= 0.3 is 11.9 Å². The van der Waals surface area contributed by atoms with E-state index < -0.39 is 66.4 Å². The Balaban J connectivity index is 1.29. The second kappa shape index (κ2) is 11.2. The van der Waals surface area contributed by atoms with E-state index in [-0.39, 0.29) is 52.3 Å². The average Bonchev–Trinajstić information content (AvgIpc) is 3.47. The van der Waals surface area contributed by atoms with E-state index in [1.165, 1.54) is 0 Å². The zero-order chi connectivity index (χ0) is 33.8. The zero-order valence-corrected chi connectivity index (χ0v) is 28.4. The minimum Gasteiger partial charge on any atom is -0.481 e. The summed E-state index contributed by atoms with van der Waals surface area (Å²) >= 11 is 0. The predicted molar refractivity (Wildman–Crippen MR) is 167 cm³/mol. The van der Waals surface area contributed by atoms with Crippen molar-refractivity contribution < 1.29 is 49.3 Å². The van der Waals surface area contributed by atoms with Gasteiger partial charge in [0, 0.05) is 5.41 Å². The monoisotopic (exact) mass is 648 g/mol. The van der Waals surface area contributed by atoms with Gasteiger partial charge in [0.15, 0.2) is 0 Å². The van der Waals surface area contributed by atoms with Gasteiger partial charge < -0.3 is 39.7 Å². The fraction of sp³-hybridized carbons (Fsp3) is 0.889. The summed E-state index contributed by atoms with van der Waals surface area (Å²) in [4.78, 5) is 26.5. The summed E-state index contributed by atoms with van der Waals surface area (Å²) < 4.78 is 17.8. The fourth-order valence-corrected chi connectivity index (χ4v) is 12.7. The topological polar surface area (TPSA) is 163 Å². The number of aliphatic carboxylic acids is 1. The van der Waals surface area contributed by atoms with Crippen LogP contribution >= 0.6 is 0 Å². The van der Waals surface area contributed by atoms with E-state index in [4.69, 9.17) is 14.2 Å². The quantitative estimate of drug-likeness (QED) is 0.211. The number of carboxylic acids is 1. The van der Waals surface area contributed by atoms with Crippen LogP contribution in [0, 0.1) is 51.2 Å². The SMILES string of the molecule is C=C(C)[C@@H]1CC[C@]2(C(=O)O)CC[C@]3(C)[C@H](CC[C@@H]4[C@@]5(C)C(CC(=O)O[C@@H]6O[C@H](CO)[C@@H](O)[C@H](O)[C@H]6O)OC(C)(C)[C@@H]5CC[C@]43C)[C@@H]12. The summed E-state index contributed by atoms with van der Waals surface area (Å²) in [5.41, 5.74) is -0.624. The van der Waals surface area contributed by atoms with Crippen molar-refractivity contribution in [3.05, 3.63) is 12.2 Å². The first-order chi connectivity index (χ1) is 21.4. The largest absolute Gasteiger partial charge is 0.481 e. The zero-order valence-electron chi connectivity index (χ0n) is 28.4. The van der Waals surface area contributed by atoms with Crippen molar-refractivity contribution in [2.75, 3.05) is 6.61 Å². The Labute approximate surface area is 272 Å². The molecule has 2 aliphatic heterocycles. The second-order valence-corrected chi connectivity index (χ2v) is 17.1. The molecule has 0 radical (unpaired) electrons. The van der Waals surface area contributed by atoms with E-state index in [0.29, 0.717) is 6.42 Å². The number of rotatable bonds is 6. The lowest BCUT2D eigenvalue weighted by Crippen LogP contribution is -2.66. The Hall–Kier alpha value is -1.56. The van der Waals surface area contributed by atoms with Crippen LogP contribution in [0.2, 0.25) is 0 Å². The lowest BCUT2D eigenvalue weighted by Gasteiger charge is -2.70. The maximum Gasteiger partial charge on any atom is 0.310 e. The van der Waals surface area contributed by atoms with Gasteiger partial charge in [-0.2, -0.15) is 0 Å². The van der Waals surface area contributed by atoms with E-state index >= 15 is 0 Å². The number of allylic oxidation sites excluding steroid dienone is 1. The third-order valence-corrected chi connectivity index (χ3v) is 15.1. The highest BCUT2D eigenvalue weighted by atomic mass is 16.7. The van der Waals surface area contributed by atoms with Crippen LogP contribution in [0.4, 0.5) is 0 Å². The van der Waals surface area contributed by atoms with Crippen molar-refractivity contribution in [2.24, 2.45) is 51.2 Å². The Bertz CT molecular complexity index is 1250. The minimum absolute atomic E-state index is 0.0688. The molecule has 0 bridgehead atoms. The average molecular weight is 649 g/mol. The number of carboxylic acid groups (broad SMARTS) is 1. The van der Waals surface area contributed by atoms with E-state index in [9.17, 15) is 35.1 Å². The van der Waals surface area contributed by atoms with Crippen molar-refractivity contribution in [2.45, 2.75) is 142 Å². The molecule has 15 atom stereocenters. The van der Waals surface area contributed by atoms with Crippen LogP contribution < -0.4 is 0 Å². The molecule has 0 amide bonds. The Morgan fingerprint density at radius 1 is 0.870 bits per heavy atom. The molecule has 1 unspecified atom stereocenters. The molecule has 46 heavy (non-hydrogen) atoms. The van der Waals surface area contributed by atoms with Gasteiger partial charge in [-0.25, -0.2) is 0 Å². The van der Waals surface area contributed by atoms with Gasteiger partial charge in [0.1, 0.15) is 24.4 Å². The van der Waals surface area contributed by atoms with E-state index in [1.54, 1.807) is 0 Å². The molecule has 10 heteroatoms. The van der Waals surface area contributed by atoms with Gasteiger partial charge in [0.2, 0.25) is 6.29 Å². The van der Waals surface area contributed by atoms with E-state index in [0.717, 1.165) is 50.5 Å². The molecule has 2 saturated heterocycles. The highest BCUT2D eigenvalue weighted by Crippen LogP contribution is 2.77. The number of hydrogen-bond donors (Lipinski definition) is 5. The van der Waals surface area contributed by atoms with Gasteiger partial charge in [-0.15, -0.1) is 0 Å². The molecule has 4 aliphatic carbocycles. The second-order valence-electron chi connectivity index (χ2n) is 17.1. The van der Waals surface area contributed by atoms with Crippen LogP contribution in [-0.4, -0.2) is 86.5 Å². The summed E-state index contributed by atoms with van der Waals surface area (Å²) in [6.45, 7) is 17.1. The molecule has 0 aromatic carbocycles. The molecule has 2 heterocycles. The third-order valence-electron chi connectivity index (χ3n) is 15.1. The molecule has 6 fully saturated rings. The lowest BCUT2D eigenvalue weighted by atomic mass is 9.33. The molecule has 0 spiro atoms. The lowest BCUT2D eigenvalue weighted by molar-refractivity contribution is -0.293. The number of carbonyl (C=O) groups is 2. The number of fused-ring (bicyclic) bond motifs is 7. The predicted octanol–water partition coefficient (Wildman–Crippen LogP) is 3.82. The van der Waals surface area contributed by atoms with Crippen LogP contribution in [-0.2, 0) is 23.8 Å². The molecular formula is C36H56O10. The van der Waals surface area contributed by atoms with E-state index in [2.05, 4.69) is 48.1 Å². The molecule has 6 aliphatic rings. The maximum absolute atomic E-state index is 13.5. The van der Waals surface area contributed by atoms with Crippen LogP contribution in [0.15, 0.2) is 12.2 Å². The van der Waals surface area contributed by atoms with Gasteiger partial charge in [0.05, 0.1) is 30.1 Å². The summed E-state index contributed by atoms with van der Waals surface area (Å²) in [5.74, 6) is -0.300. The first-order valence-corrected chi connectivity index (χ1v) is 17.5. The Kier molecular flexibility index (Phi) is 8.38. The highest BCUT2D eigenvalue weighted by molar-refractivity contribution is 5.76. The van der Waals surface area contributed by atoms with E-state index in [1.807, 2.05) is 0 Å². The molecule has 5 N–H and O–H groups in total. The molecule has 260 valence electrons. The number of carbonyl (C=O) groups excluding carboxylic acids is 1. The van der Waals surface area contributed by atoms with Gasteiger partial charge in [-0.05, 0) is 113 Å². The third kappa shape index (κ3) is 4.56. The summed E-state index contributed by atoms with van der Waals surface area (Å²) in [6.07, 6.45) is -1.10. The van der Waals surface area contributed by atoms with Crippen molar-refractivity contribution >= 4 is 11.9 Å². The van der Waals surface area contributed by atoms with Crippen molar-refractivity contribution in [3.63, 3.8) is 0 Å². The fourth-order valence-electron chi connectivity index (χ4n) is 12.7. The summed E-state index contributed by atoms with van der Waals surface area (Å²) in [6, 6.07) is 0. The Morgan fingerprint density at radius 2 is 1.57 bits per heavy atom. The Morgan fingerprint density at radius 3 is 2.20 bits per heavy atom. The smallest absolute Gasteiger partial charge is 0.310 e. The van der Waals surface area contributed by atoms with Gasteiger partial charge in [0.25, 0.3) is 0 Å². The molecule has 4 saturated carbocycles. The minimum atomic E-state index is -1.66. The number of aliphatic hydroxyl groups is 4. The number of hydrogen-bond acceptors (Lipinski definition) is 9. The van der Waals surface area contributed by atoms with Crippen LogP contribution in [0.5, 0.6) is 0 Å². The van der Waals surface area contributed by atoms with Crippen molar-refractivity contribution in [1.29, 1.82) is 0 Å². The van der Waals surface area contributed by atoms with Crippen molar-refractivity contribution in [1.82, 2.24) is 0 Å². The first-order valence-electron chi connectivity index (χ1n) is 17.5. The highest BCUT2D eigenvalue weighted by Gasteiger charge is 2.74. The molecular weight excluding hydrogens is 592 g/mol. The van der Waals surface area contributed by atoms with Gasteiger partial charge in [-0.1, -0.05) is 32.9 Å². The molecule has 0 aromatic heterocycles. The van der Waals surface area contributed by atoms with Crippen LogP contribution in [0.3, 0.4) is 0 Å². The number of esters is 1. The first kappa shape index (κ1) is 34.3. The van der Waals surface area contributed by atoms with Gasteiger partial charge in [-0.3, -0.25) is 9.59 Å². The maximum atomic E-state index is 13.5. The molecule has 6 rings (SSSR count). The van der Waals surface area contributed by atoms with Crippen LogP contribution in [0.1, 0.15) is 99.3 Å². The molecule has 10 nitrogen and oxygen atoms in total. The van der Waals surface area contributed by atoms with Crippen LogP contribution in [0.25, 0.3) is 0 Å². The normalized spacial score (nSPS) is 52.5. The summed E-state index contributed by atoms with van der Waals surface area (Å²) in [5, 5.41) is 51.0. The van der Waals surface area contributed by atoms with Crippen molar-refractivity contribution in [3.8, 4) is 0 Å². The number of ether oxygens (including phenoxy) is 3. The molecule has 0 aromatic rings. The number of aliphatic hydroxyl groups excluding tert-OH is 4. The standard InChI is InChI=1S/C36H56O10/c1-18(2)19-10-13-36(31(42)43)15-14-33(5)20(26(19)36)8-9-23-34(33,6)12-11-22-32(3,4)46-24(35(22,23)7)16-25(38)45-30-29(41)28(40)27(39)21(17-37)44-30/h19-24,26-30,37,39-41H,1,8-17H2,2-7H3,(H,42,43)/t19-,20+,21+,22-,23-,24?,26+,27+,28-,29+,30-,33+,34+,35-,36-/m0/s1. The summed E-state index contributed by atoms with van der Waals surface area (Å²) in [7, 11) is 0.